The molecule has 0 aromatic carbocycles. The Hall–Kier alpha value is -1.23. The zero-order valence-electron chi connectivity index (χ0n) is 10.5. The lowest BCUT2D eigenvalue weighted by atomic mass is 10.0. The Balaban J connectivity index is 2.67. The van der Waals surface area contributed by atoms with Crippen molar-refractivity contribution in [2.75, 3.05) is 17.6 Å². The third-order valence-electron chi connectivity index (χ3n) is 2.69. The van der Waals surface area contributed by atoms with Crippen LogP contribution in [0.1, 0.15) is 32.4 Å². The van der Waals surface area contributed by atoms with Crippen molar-refractivity contribution in [3.63, 3.8) is 0 Å². The molecule has 1 unspecified atom stereocenters. The first kappa shape index (κ1) is 12.8. The Kier molecular flexibility index (Phi) is 3.80. The average Bonchev–Trinajstić information content (AvgIpc) is 2.39. The van der Waals surface area contributed by atoms with Gasteiger partial charge in [-0.2, -0.15) is 5.10 Å². The fourth-order valence-electron chi connectivity index (χ4n) is 1.79. The van der Waals surface area contributed by atoms with Crippen LogP contribution in [0.5, 0.6) is 0 Å². The van der Waals surface area contributed by atoms with Gasteiger partial charge in [-0.15, -0.1) is 0 Å². The molecule has 4 N–H and O–H groups in total. The summed E-state index contributed by atoms with van der Waals surface area (Å²) in [5.41, 5.74) is 6.62. The first-order chi connectivity index (χ1) is 7.37. The Bertz CT molecular complexity index is 357. The van der Waals surface area contributed by atoms with Crippen LogP contribution in [0.15, 0.2) is 0 Å². The smallest absolute Gasteiger partial charge is 0.147 e. The van der Waals surface area contributed by atoms with Gasteiger partial charge < -0.3 is 16.2 Å². The molecule has 1 aromatic rings. The molecule has 1 aromatic heterocycles. The van der Waals surface area contributed by atoms with E-state index in [1.54, 1.807) is 4.68 Å². The van der Waals surface area contributed by atoms with Crippen molar-refractivity contribution in [2.45, 2.75) is 39.2 Å². The Morgan fingerprint density at radius 3 is 2.62 bits per heavy atom. The highest BCUT2D eigenvalue weighted by molar-refractivity contribution is 5.64. The summed E-state index contributed by atoms with van der Waals surface area (Å²) in [6.07, 6.45) is 1.71. The number of anilines is 2. The fourth-order valence-corrected chi connectivity index (χ4v) is 1.79. The number of nitrogens with zero attached hydrogens (tertiary/aromatic N) is 2. The number of aliphatic hydroxyl groups is 1. The number of nitrogen functional groups attached to an aromatic ring is 1. The minimum Gasteiger partial charge on any atom is -0.394 e. The van der Waals surface area contributed by atoms with Crippen molar-refractivity contribution < 1.29 is 5.11 Å². The Morgan fingerprint density at radius 2 is 2.19 bits per heavy atom. The van der Waals surface area contributed by atoms with E-state index in [0.717, 1.165) is 24.4 Å². The number of nitrogens with one attached hydrogen (secondary N) is 1. The minimum atomic E-state index is -0.709. The normalized spacial score (nSPS) is 14.8. The standard InChI is InChI=1S/C11H22N4O/c1-5-6-11(3,16)7-13-10-9(12)8(2)14-15(10)4/h13,16H,5-7,12H2,1-4H3. The molecule has 0 aliphatic carbocycles. The van der Waals surface area contributed by atoms with Gasteiger partial charge in [0.15, 0.2) is 0 Å². The third kappa shape index (κ3) is 2.88. The van der Waals surface area contributed by atoms with Crippen LogP contribution in [0, 0.1) is 6.92 Å². The van der Waals surface area contributed by atoms with E-state index < -0.39 is 5.60 Å². The summed E-state index contributed by atoms with van der Waals surface area (Å²) in [6, 6.07) is 0. The van der Waals surface area contributed by atoms with Crippen molar-refractivity contribution in [1.29, 1.82) is 0 Å². The summed E-state index contributed by atoms with van der Waals surface area (Å²) in [4.78, 5) is 0. The van der Waals surface area contributed by atoms with Gasteiger partial charge in [-0.3, -0.25) is 4.68 Å². The van der Waals surface area contributed by atoms with Crippen molar-refractivity contribution in [1.82, 2.24) is 9.78 Å². The summed E-state index contributed by atoms with van der Waals surface area (Å²) in [7, 11) is 1.83. The van der Waals surface area contributed by atoms with Gasteiger partial charge in [-0.05, 0) is 20.3 Å². The summed E-state index contributed by atoms with van der Waals surface area (Å²) >= 11 is 0. The maximum atomic E-state index is 10.0. The quantitative estimate of drug-likeness (QED) is 0.706. The van der Waals surface area contributed by atoms with E-state index in [0.29, 0.717) is 12.2 Å². The second-order valence-electron chi connectivity index (χ2n) is 4.57. The van der Waals surface area contributed by atoms with E-state index in [1.807, 2.05) is 20.9 Å². The fraction of sp³-hybridized carbons (Fsp3) is 0.727. The van der Waals surface area contributed by atoms with Gasteiger partial charge in [0.2, 0.25) is 0 Å². The average molecular weight is 226 g/mol. The predicted molar refractivity (Wildman–Crippen MR) is 66.4 cm³/mol. The van der Waals surface area contributed by atoms with Crippen molar-refractivity contribution in [3.05, 3.63) is 5.69 Å². The van der Waals surface area contributed by atoms with Crippen LogP contribution in [0.3, 0.4) is 0 Å². The molecule has 92 valence electrons. The molecular weight excluding hydrogens is 204 g/mol. The molecule has 0 aliphatic rings. The summed E-state index contributed by atoms with van der Waals surface area (Å²) in [5.74, 6) is 0.772. The molecule has 0 fully saturated rings. The lowest BCUT2D eigenvalue weighted by molar-refractivity contribution is 0.0635. The van der Waals surface area contributed by atoms with Gasteiger partial charge in [0.25, 0.3) is 0 Å². The zero-order valence-corrected chi connectivity index (χ0v) is 10.5. The van der Waals surface area contributed by atoms with E-state index >= 15 is 0 Å². The van der Waals surface area contributed by atoms with Gasteiger partial charge in [0.1, 0.15) is 5.82 Å². The maximum absolute atomic E-state index is 10.0. The van der Waals surface area contributed by atoms with E-state index in [-0.39, 0.29) is 0 Å². The lowest BCUT2D eigenvalue weighted by Gasteiger charge is -2.23. The molecule has 1 rings (SSSR count). The molecule has 0 amide bonds. The van der Waals surface area contributed by atoms with Gasteiger partial charge in [0.05, 0.1) is 17.0 Å². The highest BCUT2D eigenvalue weighted by atomic mass is 16.3. The van der Waals surface area contributed by atoms with Gasteiger partial charge in [-0.1, -0.05) is 13.3 Å². The molecule has 0 radical (unpaired) electrons. The van der Waals surface area contributed by atoms with Crippen LogP contribution >= 0.6 is 0 Å². The topological polar surface area (TPSA) is 76.1 Å². The highest BCUT2D eigenvalue weighted by Gasteiger charge is 2.20. The predicted octanol–water partition coefficient (Wildman–Crippen LogP) is 1.27. The van der Waals surface area contributed by atoms with Crippen LogP contribution in [0.2, 0.25) is 0 Å². The SMILES string of the molecule is CCCC(C)(O)CNc1c(N)c(C)nn1C. The molecule has 0 bridgehead atoms. The van der Waals surface area contributed by atoms with Crippen LogP contribution in [0.25, 0.3) is 0 Å². The molecule has 0 saturated carbocycles. The summed E-state index contributed by atoms with van der Waals surface area (Å²) < 4.78 is 1.70. The van der Waals surface area contributed by atoms with E-state index in [4.69, 9.17) is 5.73 Å². The number of hydrogen-bond donors (Lipinski definition) is 3. The van der Waals surface area contributed by atoms with Gasteiger partial charge in [0, 0.05) is 13.6 Å². The molecule has 0 spiro atoms. The molecule has 1 atom stereocenters. The summed E-state index contributed by atoms with van der Waals surface area (Å²) in [6.45, 7) is 6.22. The number of aromatic nitrogens is 2. The van der Waals surface area contributed by atoms with Crippen molar-refractivity contribution in [2.24, 2.45) is 7.05 Å². The number of rotatable bonds is 5. The molecule has 5 heteroatoms. The number of hydrogen-bond acceptors (Lipinski definition) is 4. The number of aryl methyl sites for hydroxylation is 2. The Morgan fingerprint density at radius 1 is 1.56 bits per heavy atom. The highest BCUT2D eigenvalue weighted by Crippen LogP contribution is 2.22. The molecule has 0 saturated heterocycles. The second-order valence-corrected chi connectivity index (χ2v) is 4.57. The molecule has 16 heavy (non-hydrogen) atoms. The lowest BCUT2D eigenvalue weighted by Crippen LogP contribution is -2.33. The molecule has 5 nitrogen and oxygen atoms in total. The minimum absolute atomic E-state index is 0.476. The first-order valence-corrected chi connectivity index (χ1v) is 5.62. The van der Waals surface area contributed by atoms with Crippen LogP contribution < -0.4 is 11.1 Å². The van der Waals surface area contributed by atoms with Gasteiger partial charge >= 0.3 is 0 Å². The molecule has 0 aliphatic heterocycles. The summed E-state index contributed by atoms with van der Waals surface area (Å²) in [5, 5.41) is 17.4. The number of nitrogens with two attached hydrogens (primary N) is 1. The van der Waals surface area contributed by atoms with E-state index in [2.05, 4.69) is 17.3 Å². The van der Waals surface area contributed by atoms with Crippen LogP contribution in [-0.4, -0.2) is 27.0 Å². The third-order valence-corrected chi connectivity index (χ3v) is 2.69. The van der Waals surface area contributed by atoms with Crippen molar-refractivity contribution in [3.8, 4) is 0 Å². The molecule has 1 heterocycles. The second kappa shape index (κ2) is 4.74. The van der Waals surface area contributed by atoms with E-state index in [9.17, 15) is 5.11 Å². The van der Waals surface area contributed by atoms with Crippen LogP contribution in [-0.2, 0) is 7.05 Å². The van der Waals surface area contributed by atoms with E-state index in [1.165, 1.54) is 0 Å². The van der Waals surface area contributed by atoms with Crippen LogP contribution in [0.4, 0.5) is 11.5 Å². The van der Waals surface area contributed by atoms with Crippen molar-refractivity contribution >= 4 is 11.5 Å². The zero-order chi connectivity index (χ0) is 12.3. The largest absolute Gasteiger partial charge is 0.394 e. The molecular formula is C11H22N4O. The van der Waals surface area contributed by atoms with Gasteiger partial charge in [-0.25, -0.2) is 0 Å². The maximum Gasteiger partial charge on any atom is 0.147 e. The Labute approximate surface area is 96.6 Å². The monoisotopic (exact) mass is 226 g/mol. The first-order valence-electron chi connectivity index (χ1n) is 5.62.